The van der Waals surface area contributed by atoms with E-state index >= 15 is 0 Å². The molecule has 0 aliphatic heterocycles. The van der Waals surface area contributed by atoms with Crippen LogP contribution in [0.3, 0.4) is 0 Å². The summed E-state index contributed by atoms with van der Waals surface area (Å²) in [5, 5.41) is 21.0. The van der Waals surface area contributed by atoms with E-state index in [0.717, 1.165) is 0 Å². The fourth-order valence-electron chi connectivity index (χ4n) is 3.74. The molecular weight excluding hydrogens is 440 g/mol. The Labute approximate surface area is 181 Å². The monoisotopic (exact) mass is 456 g/mol. The van der Waals surface area contributed by atoms with Crippen LogP contribution in [0.25, 0.3) is 11.1 Å². The number of nitrogens with two attached hydrogens (primary N) is 2. The van der Waals surface area contributed by atoms with Gasteiger partial charge < -0.3 is 26.4 Å². The van der Waals surface area contributed by atoms with Crippen molar-refractivity contribution in [1.29, 1.82) is 0 Å². The summed E-state index contributed by atoms with van der Waals surface area (Å²) in [6.07, 6.45) is 0. The number of ketones is 2. The van der Waals surface area contributed by atoms with Crippen molar-refractivity contribution < 1.29 is 37.5 Å². The van der Waals surface area contributed by atoms with Gasteiger partial charge in [0, 0.05) is 11.3 Å². The lowest BCUT2D eigenvalue weighted by atomic mass is 9.80. The van der Waals surface area contributed by atoms with Gasteiger partial charge in [-0.3, -0.25) is 14.1 Å². The molecule has 0 amide bonds. The predicted octanol–water partition coefficient (Wildman–Crippen LogP) is 1.96. The molecule has 164 valence electrons. The maximum atomic E-state index is 13.3. The zero-order valence-electron chi connectivity index (χ0n) is 16.4. The summed E-state index contributed by atoms with van der Waals surface area (Å²) < 4.78 is 37.7. The van der Waals surface area contributed by atoms with Crippen molar-refractivity contribution in [1.82, 2.24) is 0 Å². The Morgan fingerprint density at radius 2 is 1.47 bits per heavy atom. The number of hydrogen-bond donors (Lipinski definition) is 5. The van der Waals surface area contributed by atoms with Crippen molar-refractivity contribution in [2.45, 2.75) is 4.90 Å². The molecule has 0 saturated carbocycles. The van der Waals surface area contributed by atoms with Crippen LogP contribution >= 0.6 is 0 Å². The first-order chi connectivity index (χ1) is 15.0. The van der Waals surface area contributed by atoms with E-state index in [2.05, 4.69) is 0 Å². The van der Waals surface area contributed by atoms with Crippen LogP contribution in [-0.2, 0) is 10.1 Å². The first kappa shape index (κ1) is 21.2. The number of carbonyl (C=O) groups excluding carboxylic acids is 2. The topological polar surface area (TPSA) is 190 Å². The minimum absolute atomic E-state index is 0.179. The maximum Gasteiger partial charge on any atom is 0.298 e. The van der Waals surface area contributed by atoms with Crippen LogP contribution in [0, 0.1) is 0 Å². The fourth-order valence-corrected chi connectivity index (χ4v) is 4.36. The van der Waals surface area contributed by atoms with Crippen molar-refractivity contribution in [3.05, 3.63) is 58.7 Å². The molecule has 4 rings (SSSR count). The summed E-state index contributed by atoms with van der Waals surface area (Å²) in [5.74, 6) is -3.12. The molecule has 7 N–H and O–H groups in total. The zero-order valence-corrected chi connectivity index (χ0v) is 17.2. The van der Waals surface area contributed by atoms with E-state index in [0.29, 0.717) is 17.4 Å². The number of nitrogen functional groups attached to an aromatic ring is 2. The van der Waals surface area contributed by atoms with E-state index in [9.17, 15) is 32.8 Å². The minimum atomic E-state index is -4.97. The molecule has 0 atom stereocenters. The minimum Gasteiger partial charge on any atom is -0.507 e. The lowest BCUT2D eigenvalue weighted by Crippen LogP contribution is -2.25. The quantitative estimate of drug-likeness (QED) is 0.173. The molecule has 32 heavy (non-hydrogen) atoms. The van der Waals surface area contributed by atoms with Crippen molar-refractivity contribution in [3.63, 3.8) is 0 Å². The second-order valence-electron chi connectivity index (χ2n) is 7.03. The van der Waals surface area contributed by atoms with Gasteiger partial charge in [0.1, 0.15) is 22.1 Å². The molecule has 0 aromatic heterocycles. The van der Waals surface area contributed by atoms with E-state index in [-0.39, 0.29) is 11.3 Å². The van der Waals surface area contributed by atoms with Gasteiger partial charge in [0.2, 0.25) is 11.6 Å². The number of phenolic OH excluding ortho intramolecular Hbond substituents is 2. The summed E-state index contributed by atoms with van der Waals surface area (Å²) in [4.78, 5) is 25.4. The van der Waals surface area contributed by atoms with Crippen LogP contribution < -0.4 is 16.2 Å². The fraction of sp³-hybridized carbons (Fsp3) is 0.0476. The second-order valence-corrected chi connectivity index (χ2v) is 8.42. The molecule has 0 fully saturated rings. The van der Waals surface area contributed by atoms with Gasteiger partial charge in [-0.15, -0.1) is 0 Å². The zero-order chi connectivity index (χ0) is 23.5. The Morgan fingerprint density at radius 1 is 0.875 bits per heavy atom. The molecule has 0 bridgehead atoms. The molecule has 0 saturated heterocycles. The number of ether oxygens (including phenoxy) is 1. The Balaban J connectivity index is 2.03. The first-order valence-corrected chi connectivity index (χ1v) is 10.4. The number of anilines is 2. The second kappa shape index (κ2) is 6.97. The molecule has 1 aliphatic carbocycles. The first-order valence-electron chi connectivity index (χ1n) is 8.99. The van der Waals surface area contributed by atoms with Gasteiger partial charge >= 0.3 is 0 Å². The van der Waals surface area contributed by atoms with E-state index < -0.39 is 66.0 Å². The third kappa shape index (κ3) is 2.94. The van der Waals surface area contributed by atoms with Crippen molar-refractivity contribution in [3.8, 4) is 28.4 Å². The third-order valence-electron chi connectivity index (χ3n) is 5.23. The highest BCUT2D eigenvalue weighted by atomic mass is 32.2. The molecule has 10 nitrogen and oxygen atoms in total. The summed E-state index contributed by atoms with van der Waals surface area (Å²) in [7, 11) is -3.49. The molecule has 0 radical (unpaired) electrons. The molecule has 1 aliphatic rings. The summed E-state index contributed by atoms with van der Waals surface area (Å²) in [6.45, 7) is 0. The normalized spacial score (nSPS) is 12.9. The summed E-state index contributed by atoms with van der Waals surface area (Å²) >= 11 is 0. The van der Waals surface area contributed by atoms with Gasteiger partial charge in [-0.1, -0.05) is 12.1 Å². The summed E-state index contributed by atoms with van der Waals surface area (Å²) in [5.41, 5.74) is 9.94. The van der Waals surface area contributed by atoms with Crippen LogP contribution in [0.15, 0.2) is 41.3 Å². The standard InChI is InChI=1S/C21H16N2O8S/c1-31-9-4-2-8(3-5-9)10-6-12(24)15-16(18(10)23)21(27)17-14(20(15)26)11(22)7-13(19(17)25)32(28,29)30/h2-7,24-25H,22-23H2,1H3,(H,28,29,30). The third-order valence-corrected chi connectivity index (χ3v) is 6.10. The lowest BCUT2D eigenvalue weighted by molar-refractivity contribution is 0.0975. The van der Waals surface area contributed by atoms with Gasteiger partial charge in [-0.05, 0) is 29.8 Å². The Hall–Kier alpha value is -4.09. The number of phenols is 2. The highest BCUT2D eigenvalue weighted by Gasteiger charge is 2.40. The molecule has 0 heterocycles. The smallest absolute Gasteiger partial charge is 0.298 e. The van der Waals surface area contributed by atoms with Crippen molar-refractivity contribution >= 4 is 33.1 Å². The van der Waals surface area contributed by atoms with E-state index in [1.165, 1.54) is 13.2 Å². The number of methoxy groups -OCH3 is 1. The molecule has 3 aromatic carbocycles. The van der Waals surface area contributed by atoms with Gasteiger partial charge in [-0.2, -0.15) is 8.42 Å². The van der Waals surface area contributed by atoms with E-state index in [4.69, 9.17) is 16.2 Å². The lowest BCUT2D eigenvalue weighted by Gasteiger charge is -2.24. The number of rotatable bonds is 3. The Kier molecular flexibility index (Phi) is 4.61. The number of carbonyl (C=O) groups is 2. The molecule has 0 unspecified atom stereocenters. The number of benzene rings is 3. The van der Waals surface area contributed by atoms with E-state index in [1.54, 1.807) is 24.3 Å². The van der Waals surface area contributed by atoms with Crippen LogP contribution in [0.1, 0.15) is 31.8 Å². The molecule has 0 spiro atoms. The average Bonchev–Trinajstić information content (AvgIpc) is 2.73. The summed E-state index contributed by atoms with van der Waals surface area (Å²) in [6, 6.07) is 8.36. The van der Waals surface area contributed by atoms with Gasteiger partial charge in [-0.25, -0.2) is 0 Å². The van der Waals surface area contributed by atoms with Crippen molar-refractivity contribution in [2.75, 3.05) is 18.6 Å². The highest BCUT2D eigenvalue weighted by Crippen LogP contribution is 2.46. The van der Waals surface area contributed by atoms with Crippen LogP contribution in [0.2, 0.25) is 0 Å². The number of fused-ring (bicyclic) bond motifs is 2. The van der Waals surface area contributed by atoms with Gasteiger partial charge in [0.05, 0.1) is 35.1 Å². The molecule has 11 heteroatoms. The number of hydrogen-bond acceptors (Lipinski definition) is 9. The Morgan fingerprint density at radius 3 is 2.03 bits per heavy atom. The highest BCUT2D eigenvalue weighted by molar-refractivity contribution is 7.86. The molecular formula is C21H16N2O8S. The van der Waals surface area contributed by atoms with Crippen LogP contribution in [0.5, 0.6) is 17.2 Å². The van der Waals surface area contributed by atoms with Crippen LogP contribution in [-0.4, -0.2) is 41.9 Å². The number of aromatic hydroxyl groups is 2. The van der Waals surface area contributed by atoms with Gasteiger partial charge in [0.15, 0.2) is 0 Å². The maximum absolute atomic E-state index is 13.3. The van der Waals surface area contributed by atoms with Crippen LogP contribution in [0.4, 0.5) is 11.4 Å². The van der Waals surface area contributed by atoms with Gasteiger partial charge in [0.25, 0.3) is 10.1 Å². The Bertz CT molecular complexity index is 1440. The van der Waals surface area contributed by atoms with E-state index in [1.807, 2.05) is 0 Å². The van der Waals surface area contributed by atoms with Crippen molar-refractivity contribution in [2.24, 2.45) is 0 Å². The average molecular weight is 456 g/mol. The molecule has 3 aromatic rings. The predicted molar refractivity (Wildman–Crippen MR) is 114 cm³/mol. The SMILES string of the molecule is COc1ccc(-c2cc(O)c3c(c2N)C(=O)c2c(O)c(S(=O)(=O)O)cc(N)c2C3=O)cc1. The largest absolute Gasteiger partial charge is 0.507 e.